The number of rotatable bonds is 4. The number of benzene rings is 1. The van der Waals surface area contributed by atoms with Crippen molar-refractivity contribution in [2.24, 2.45) is 0 Å². The lowest BCUT2D eigenvalue weighted by molar-refractivity contribution is -0.165. The molecule has 0 spiro atoms. The van der Waals surface area contributed by atoms with Gasteiger partial charge >= 0.3 is 18.1 Å². The van der Waals surface area contributed by atoms with E-state index in [-0.39, 0.29) is 5.57 Å². The van der Waals surface area contributed by atoms with Crippen LogP contribution in [0.2, 0.25) is 0 Å². The fourth-order valence-electron chi connectivity index (χ4n) is 2.37. The van der Waals surface area contributed by atoms with E-state index in [1.165, 1.54) is 19.1 Å². The van der Waals surface area contributed by atoms with Crippen LogP contribution in [0.1, 0.15) is 51.2 Å². The van der Waals surface area contributed by atoms with E-state index in [1.54, 1.807) is 0 Å². The van der Waals surface area contributed by atoms with Gasteiger partial charge in [-0.3, -0.25) is 0 Å². The fraction of sp³-hybridized carbons (Fsp3) is 0.444. The summed E-state index contributed by atoms with van der Waals surface area (Å²) in [7, 11) is 0. The normalized spacial score (nSPS) is 16.2. The Morgan fingerprint density at radius 3 is 2.04 bits per heavy atom. The number of hydrogen-bond acceptors (Lipinski definition) is 3. The van der Waals surface area contributed by atoms with Gasteiger partial charge in [0.2, 0.25) is 0 Å². The summed E-state index contributed by atoms with van der Waals surface area (Å²) >= 11 is 0. The van der Waals surface area contributed by atoms with Crippen LogP contribution in [-0.2, 0) is 26.1 Å². The van der Waals surface area contributed by atoms with Crippen molar-refractivity contribution in [3.8, 4) is 0 Å². The predicted molar refractivity (Wildman–Crippen MR) is 85.8 cm³/mol. The fourth-order valence-corrected chi connectivity index (χ4v) is 2.37. The molecule has 1 aliphatic rings. The second kappa shape index (κ2) is 8.18. The molecule has 0 saturated heterocycles. The van der Waals surface area contributed by atoms with Crippen molar-refractivity contribution in [3.63, 3.8) is 0 Å². The number of halogens is 3. The minimum atomic E-state index is -4.43. The summed E-state index contributed by atoms with van der Waals surface area (Å²) in [6.07, 6.45) is -1.81. The molecule has 4 nitrogen and oxygen atoms in total. The van der Waals surface area contributed by atoms with Gasteiger partial charge in [0, 0.05) is 11.6 Å². The van der Waals surface area contributed by atoms with Crippen molar-refractivity contribution >= 4 is 11.9 Å². The average Bonchev–Trinajstić information content (AvgIpc) is 2.52. The Labute approximate surface area is 144 Å². The molecule has 0 bridgehead atoms. The van der Waals surface area contributed by atoms with E-state index < -0.39 is 29.3 Å². The first-order valence-electron chi connectivity index (χ1n) is 7.96. The maximum Gasteiger partial charge on any atom is 0.416 e. The summed E-state index contributed by atoms with van der Waals surface area (Å²) in [6.45, 7) is 5.26. The van der Waals surface area contributed by atoms with Gasteiger partial charge in [0.15, 0.2) is 0 Å². The largest absolute Gasteiger partial charge is 0.478 e. The molecule has 1 N–H and O–H groups in total. The molecular formula is C18H21F3O4. The molecule has 1 saturated carbocycles. The van der Waals surface area contributed by atoms with Gasteiger partial charge < -0.3 is 9.84 Å². The number of aliphatic carboxylic acids is 1. The van der Waals surface area contributed by atoms with Crippen molar-refractivity contribution in [2.75, 3.05) is 0 Å². The van der Waals surface area contributed by atoms with E-state index in [2.05, 4.69) is 0 Å². The quantitative estimate of drug-likeness (QED) is 0.627. The summed E-state index contributed by atoms with van der Waals surface area (Å²) < 4.78 is 43.1. The minimum Gasteiger partial charge on any atom is -0.478 e. The van der Waals surface area contributed by atoms with Crippen LogP contribution in [-0.4, -0.2) is 17.0 Å². The molecular weight excluding hydrogens is 337 g/mol. The summed E-state index contributed by atoms with van der Waals surface area (Å²) in [6, 6.07) is 4.48. The molecule has 7 heteroatoms. The van der Waals surface area contributed by atoms with Crippen LogP contribution in [0.4, 0.5) is 13.2 Å². The van der Waals surface area contributed by atoms with Gasteiger partial charge in [-0.25, -0.2) is 9.59 Å². The highest BCUT2D eigenvalue weighted by atomic mass is 19.4. The zero-order valence-electron chi connectivity index (χ0n) is 14.3. The van der Waals surface area contributed by atoms with Crippen molar-refractivity contribution in [1.82, 2.24) is 0 Å². The maximum absolute atomic E-state index is 12.6. The Hall–Kier alpha value is -2.31. The molecule has 0 heterocycles. The zero-order chi connectivity index (χ0) is 19.3. The predicted octanol–water partition coefficient (Wildman–Crippen LogP) is 4.68. The lowest BCUT2D eigenvalue weighted by atomic mass is 9.74. The zero-order valence-corrected chi connectivity index (χ0v) is 14.3. The SMILES string of the molecule is C/C(=C\C(=O)OC1(c2ccc(C(F)(F)F)cc2)CCC1)C(=O)O.CC. The Morgan fingerprint density at radius 2 is 1.68 bits per heavy atom. The average molecular weight is 358 g/mol. The Kier molecular flexibility index (Phi) is 6.78. The first-order chi connectivity index (χ1) is 11.6. The topological polar surface area (TPSA) is 63.6 Å². The Bertz CT molecular complexity index is 641. The van der Waals surface area contributed by atoms with Crippen LogP contribution in [0.3, 0.4) is 0 Å². The number of ether oxygens (including phenoxy) is 1. The van der Waals surface area contributed by atoms with E-state index in [0.29, 0.717) is 18.4 Å². The number of hydrogen-bond donors (Lipinski definition) is 1. The van der Waals surface area contributed by atoms with Gasteiger partial charge in [0.1, 0.15) is 5.60 Å². The first kappa shape index (κ1) is 20.7. The van der Waals surface area contributed by atoms with Crippen molar-refractivity contribution in [2.45, 2.75) is 51.8 Å². The van der Waals surface area contributed by atoms with E-state index in [0.717, 1.165) is 24.6 Å². The monoisotopic (exact) mass is 358 g/mol. The number of alkyl halides is 3. The molecule has 2 rings (SSSR count). The second-order valence-electron chi connectivity index (χ2n) is 5.48. The van der Waals surface area contributed by atoms with Crippen LogP contribution in [0, 0.1) is 0 Å². The van der Waals surface area contributed by atoms with Crippen LogP contribution in [0.15, 0.2) is 35.9 Å². The van der Waals surface area contributed by atoms with Crippen LogP contribution >= 0.6 is 0 Å². The number of carboxylic acids is 1. The number of esters is 1. The molecule has 25 heavy (non-hydrogen) atoms. The lowest BCUT2D eigenvalue weighted by Gasteiger charge is -2.41. The molecule has 1 aromatic carbocycles. The summed E-state index contributed by atoms with van der Waals surface area (Å²) in [5, 5.41) is 8.74. The van der Waals surface area contributed by atoms with Gasteiger partial charge in [-0.05, 0) is 43.9 Å². The van der Waals surface area contributed by atoms with Crippen molar-refractivity contribution in [1.29, 1.82) is 0 Å². The van der Waals surface area contributed by atoms with Crippen molar-refractivity contribution < 1.29 is 32.6 Å². The molecule has 0 aliphatic heterocycles. The summed E-state index contributed by atoms with van der Waals surface area (Å²) in [5.74, 6) is -2.05. The standard InChI is InChI=1S/C16H15F3O4.C2H6/c1-10(14(21)22)9-13(20)23-15(7-2-8-15)11-3-5-12(6-4-11)16(17,18)19;1-2/h3-6,9H,2,7-8H2,1H3,(H,21,22);1-2H3/b10-9+;. The third kappa shape index (κ3) is 5.08. The Morgan fingerprint density at radius 1 is 1.16 bits per heavy atom. The lowest BCUT2D eigenvalue weighted by Crippen LogP contribution is -2.39. The van der Waals surface area contributed by atoms with Gasteiger partial charge in [-0.2, -0.15) is 13.2 Å². The van der Waals surface area contributed by atoms with Crippen LogP contribution in [0.25, 0.3) is 0 Å². The molecule has 0 amide bonds. The number of carbonyl (C=O) groups is 2. The molecule has 0 unspecified atom stereocenters. The molecule has 0 atom stereocenters. The number of carbonyl (C=O) groups excluding carboxylic acids is 1. The van der Waals surface area contributed by atoms with E-state index in [4.69, 9.17) is 9.84 Å². The molecule has 0 aromatic heterocycles. The van der Waals surface area contributed by atoms with Crippen molar-refractivity contribution in [3.05, 3.63) is 47.0 Å². The van der Waals surface area contributed by atoms with Gasteiger partial charge in [-0.1, -0.05) is 26.0 Å². The summed E-state index contributed by atoms with van der Waals surface area (Å²) in [4.78, 5) is 22.5. The molecule has 1 aliphatic carbocycles. The third-order valence-electron chi connectivity index (χ3n) is 3.87. The van der Waals surface area contributed by atoms with E-state index in [9.17, 15) is 22.8 Å². The van der Waals surface area contributed by atoms with Gasteiger partial charge in [0.25, 0.3) is 0 Å². The van der Waals surface area contributed by atoms with E-state index >= 15 is 0 Å². The number of carboxylic acid groups (broad SMARTS) is 1. The second-order valence-corrected chi connectivity index (χ2v) is 5.48. The van der Waals surface area contributed by atoms with Crippen LogP contribution < -0.4 is 0 Å². The third-order valence-corrected chi connectivity index (χ3v) is 3.87. The Balaban J connectivity index is 0.00000151. The minimum absolute atomic E-state index is 0.170. The smallest absolute Gasteiger partial charge is 0.416 e. The highest BCUT2D eigenvalue weighted by molar-refractivity contribution is 5.95. The highest BCUT2D eigenvalue weighted by Crippen LogP contribution is 2.45. The van der Waals surface area contributed by atoms with Gasteiger partial charge in [-0.15, -0.1) is 0 Å². The van der Waals surface area contributed by atoms with E-state index in [1.807, 2.05) is 13.8 Å². The molecule has 138 valence electrons. The summed E-state index contributed by atoms with van der Waals surface area (Å²) in [5.41, 5.74) is -1.44. The first-order valence-corrected chi connectivity index (χ1v) is 7.96. The highest BCUT2D eigenvalue weighted by Gasteiger charge is 2.43. The molecule has 0 radical (unpaired) electrons. The van der Waals surface area contributed by atoms with Gasteiger partial charge in [0.05, 0.1) is 5.56 Å². The maximum atomic E-state index is 12.6. The van der Waals surface area contributed by atoms with Crippen LogP contribution in [0.5, 0.6) is 0 Å². The molecule has 1 fully saturated rings. The molecule has 1 aromatic rings.